The van der Waals surface area contributed by atoms with Crippen molar-refractivity contribution in [3.05, 3.63) is 23.8 Å². The van der Waals surface area contributed by atoms with Crippen molar-refractivity contribution in [1.29, 1.82) is 0 Å². The lowest BCUT2D eigenvalue weighted by molar-refractivity contribution is -0.119. The monoisotopic (exact) mass is 316 g/mol. The average Bonchev–Trinajstić information content (AvgIpc) is 3.18. The van der Waals surface area contributed by atoms with Crippen LogP contribution in [0.4, 0.5) is 11.4 Å². The van der Waals surface area contributed by atoms with Crippen LogP contribution in [-0.4, -0.2) is 30.9 Å². The van der Waals surface area contributed by atoms with Gasteiger partial charge in [-0.1, -0.05) is 0 Å². The summed E-state index contributed by atoms with van der Waals surface area (Å²) in [5, 5.41) is 3.00. The third-order valence-electron chi connectivity index (χ3n) is 4.83. The van der Waals surface area contributed by atoms with Gasteiger partial charge in [0.1, 0.15) is 0 Å². The molecule has 0 aromatic heterocycles. The molecule has 6 nitrogen and oxygen atoms in total. The minimum atomic E-state index is -0.489. The smallest absolute Gasteiger partial charge is 0.248 e. The maximum absolute atomic E-state index is 12.5. The number of anilines is 2. The number of rotatable bonds is 4. The molecule has 2 aliphatic rings. The van der Waals surface area contributed by atoms with Gasteiger partial charge in [0.05, 0.1) is 11.4 Å². The molecule has 1 aliphatic carbocycles. The largest absolute Gasteiger partial charge is 0.370 e. The molecule has 3 rings (SSSR count). The average molecular weight is 316 g/mol. The molecule has 5 N–H and O–H groups in total. The number of nitrogens with zero attached hydrogens (tertiary/aromatic N) is 1. The van der Waals surface area contributed by atoms with Gasteiger partial charge < -0.3 is 21.7 Å². The van der Waals surface area contributed by atoms with Gasteiger partial charge in [0, 0.05) is 30.6 Å². The molecule has 2 unspecified atom stereocenters. The lowest BCUT2D eigenvalue weighted by Gasteiger charge is -2.23. The Kier molecular flexibility index (Phi) is 4.52. The van der Waals surface area contributed by atoms with E-state index in [1.807, 2.05) is 6.07 Å². The fraction of sp³-hybridized carbons (Fsp3) is 0.529. The highest BCUT2D eigenvalue weighted by Gasteiger charge is 2.28. The zero-order chi connectivity index (χ0) is 16.4. The molecule has 0 radical (unpaired) electrons. The van der Waals surface area contributed by atoms with Gasteiger partial charge in [-0.15, -0.1) is 0 Å². The van der Waals surface area contributed by atoms with E-state index in [0.29, 0.717) is 11.3 Å². The quantitative estimate of drug-likeness (QED) is 0.782. The van der Waals surface area contributed by atoms with Crippen LogP contribution in [0.1, 0.15) is 42.5 Å². The third-order valence-corrected chi connectivity index (χ3v) is 4.83. The first-order chi connectivity index (χ1) is 11.0. The summed E-state index contributed by atoms with van der Waals surface area (Å²) >= 11 is 0. The van der Waals surface area contributed by atoms with Gasteiger partial charge in [-0.3, -0.25) is 9.59 Å². The number of hydrogen-bond donors (Lipinski definition) is 3. The number of carbonyl (C=O) groups is 2. The van der Waals surface area contributed by atoms with Crippen molar-refractivity contribution >= 4 is 23.2 Å². The molecule has 1 heterocycles. The van der Waals surface area contributed by atoms with Gasteiger partial charge in [0.25, 0.3) is 0 Å². The summed E-state index contributed by atoms with van der Waals surface area (Å²) < 4.78 is 0. The normalized spacial score (nSPS) is 24.0. The molecule has 1 saturated carbocycles. The number of amides is 2. The van der Waals surface area contributed by atoms with Crippen LogP contribution in [0.2, 0.25) is 0 Å². The Morgan fingerprint density at radius 1 is 1.17 bits per heavy atom. The van der Waals surface area contributed by atoms with E-state index in [-0.39, 0.29) is 17.9 Å². The standard InChI is InChI=1S/C17H24N4O2/c18-13-5-3-12(9-13)17(23)20-14-10-11(16(19)22)4-6-15(14)21-7-1-2-8-21/h4,6,10,12-13H,1-3,5,7-9,18H2,(H2,19,22)(H,20,23). The summed E-state index contributed by atoms with van der Waals surface area (Å²) in [6.07, 6.45) is 4.71. The number of nitrogens with one attached hydrogen (secondary N) is 1. The maximum atomic E-state index is 12.5. The first-order valence-electron chi connectivity index (χ1n) is 8.30. The van der Waals surface area contributed by atoms with E-state index in [4.69, 9.17) is 11.5 Å². The summed E-state index contributed by atoms with van der Waals surface area (Å²) in [6.45, 7) is 1.93. The zero-order valence-corrected chi connectivity index (χ0v) is 13.3. The van der Waals surface area contributed by atoms with E-state index in [1.54, 1.807) is 12.1 Å². The molecule has 0 spiro atoms. The molecule has 23 heavy (non-hydrogen) atoms. The van der Waals surface area contributed by atoms with Crippen LogP contribution >= 0.6 is 0 Å². The van der Waals surface area contributed by atoms with Crippen LogP contribution in [0.15, 0.2) is 18.2 Å². The fourth-order valence-corrected chi connectivity index (χ4v) is 3.51. The predicted molar refractivity (Wildman–Crippen MR) is 90.4 cm³/mol. The molecule has 2 atom stereocenters. The predicted octanol–water partition coefficient (Wildman–Crippen LogP) is 1.45. The topological polar surface area (TPSA) is 101 Å². The van der Waals surface area contributed by atoms with Gasteiger partial charge in [-0.25, -0.2) is 0 Å². The van der Waals surface area contributed by atoms with E-state index in [1.165, 1.54) is 0 Å². The third kappa shape index (κ3) is 3.47. The molecule has 1 saturated heterocycles. The Hall–Kier alpha value is -2.08. The molecule has 1 aromatic rings. The number of primary amides is 1. The number of nitrogens with two attached hydrogens (primary N) is 2. The van der Waals surface area contributed by atoms with E-state index < -0.39 is 5.91 Å². The van der Waals surface area contributed by atoms with Crippen LogP contribution in [0.5, 0.6) is 0 Å². The van der Waals surface area contributed by atoms with E-state index in [2.05, 4.69) is 10.2 Å². The van der Waals surface area contributed by atoms with E-state index in [0.717, 1.165) is 50.9 Å². The first kappa shape index (κ1) is 15.8. The Morgan fingerprint density at radius 2 is 1.91 bits per heavy atom. The summed E-state index contributed by atoms with van der Waals surface area (Å²) in [5.41, 5.74) is 13.3. The van der Waals surface area contributed by atoms with Crippen molar-refractivity contribution in [2.75, 3.05) is 23.3 Å². The second kappa shape index (κ2) is 6.58. The summed E-state index contributed by atoms with van der Waals surface area (Å²) in [7, 11) is 0. The molecule has 6 heteroatoms. The van der Waals surface area contributed by atoms with E-state index >= 15 is 0 Å². The molecule has 0 bridgehead atoms. The minimum Gasteiger partial charge on any atom is -0.370 e. The number of benzene rings is 1. The number of carbonyl (C=O) groups excluding carboxylic acids is 2. The van der Waals surface area contributed by atoms with Crippen LogP contribution in [0.3, 0.4) is 0 Å². The molecular weight excluding hydrogens is 292 g/mol. The van der Waals surface area contributed by atoms with Crippen molar-refractivity contribution in [3.8, 4) is 0 Å². The van der Waals surface area contributed by atoms with E-state index in [9.17, 15) is 9.59 Å². The van der Waals surface area contributed by atoms with Crippen molar-refractivity contribution in [3.63, 3.8) is 0 Å². The Balaban J connectivity index is 1.83. The SMILES string of the molecule is NC(=O)c1ccc(N2CCCC2)c(NC(=O)C2CCC(N)C2)c1. The van der Waals surface area contributed by atoms with Gasteiger partial charge in [0.2, 0.25) is 11.8 Å². The highest BCUT2D eigenvalue weighted by atomic mass is 16.2. The molecule has 124 valence electrons. The minimum absolute atomic E-state index is 0.0139. The number of hydrogen-bond acceptors (Lipinski definition) is 4. The van der Waals surface area contributed by atoms with Crippen molar-refractivity contribution < 1.29 is 9.59 Å². The summed E-state index contributed by atoms with van der Waals surface area (Å²) in [4.78, 5) is 26.2. The van der Waals surface area contributed by atoms with Gasteiger partial charge in [0.15, 0.2) is 0 Å². The second-order valence-corrected chi connectivity index (χ2v) is 6.55. The summed E-state index contributed by atoms with van der Waals surface area (Å²) in [6, 6.07) is 5.39. The highest BCUT2D eigenvalue weighted by Crippen LogP contribution is 2.32. The van der Waals surface area contributed by atoms with Gasteiger partial charge >= 0.3 is 0 Å². The lowest BCUT2D eigenvalue weighted by atomic mass is 10.1. The molecule has 1 aromatic carbocycles. The maximum Gasteiger partial charge on any atom is 0.248 e. The fourth-order valence-electron chi connectivity index (χ4n) is 3.51. The first-order valence-corrected chi connectivity index (χ1v) is 8.30. The van der Waals surface area contributed by atoms with Crippen LogP contribution in [0, 0.1) is 5.92 Å². The van der Waals surface area contributed by atoms with Crippen molar-refractivity contribution in [2.24, 2.45) is 17.4 Å². The van der Waals surface area contributed by atoms with Crippen LogP contribution in [-0.2, 0) is 4.79 Å². The van der Waals surface area contributed by atoms with Gasteiger partial charge in [-0.05, 0) is 50.3 Å². The second-order valence-electron chi connectivity index (χ2n) is 6.55. The molecular formula is C17H24N4O2. The van der Waals surface area contributed by atoms with Crippen molar-refractivity contribution in [1.82, 2.24) is 0 Å². The molecule has 1 aliphatic heterocycles. The van der Waals surface area contributed by atoms with Gasteiger partial charge in [-0.2, -0.15) is 0 Å². The highest BCUT2D eigenvalue weighted by molar-refractivity contribution is 6.00. The zero-order valence-electron chi connectivity index (χ0n) is 13.3. The van der Waals surface area contributed by atoms with Crippen LogP contribution < -0.4 is 21.7 Å². The Bertz CT molecular complexity index is 611. The molecule has 2 amide bonds. The lowest BCUT2D eigenvalue weighted by Crippen LogP contribution is -2.26. The Labute approximate surface area is 136 Å². The van der Waals surface area contributed by atoms with Crippen molar-refractivity contribution in [2.45, 2.75) is 38.1 Å². The summed E-state index contributed by atoms with van der Waals surface area (Å²) in [5.74, 6) is -0.551. The van der Waals surface area contributed by atoms with Crippen LogP contribution in [0.25, 0.3) is 0 Å². The molecule has 2 fully saturated rings. The Morgan fingerprint density at radius 3 is 2.52 bits per heavy atom.